The lowest BCUT2D eigenvalue weighted by Gasteiger charge is -2.19. The molecule has 23 heavy (non-hydrogen) atoms. The average molecular weight is 295 g/mol. The van der Waals surface area contributed by atoms with Gasteiger partial charge >= 0.3 is 0 Å². The van der Waals surface area contributed by atoms with Gasteiger partial charge < -0.3 is 5.32 Å². The molecule has 1 aliphatic rings. The minimum absolute atomic E-state index is 0.848. The second-order valence-corrected chi connectivity index (χ2v) is 5.65. The molecule has 4 aromatic rings. The van der Waals surface area contributed by atoms with Crippen LogP contribution in [0.25, 0.3) is 21.7 Å². The molecule has 0 aliphatic carbocycles. The van der Waals surface area contributed by atoms with Gasteiger partial charge in [0.05, 0.1) is 11.2 Å². The first-order chi connectivity index (χ1) is 11.4. The van der Waals surface area contributed by atoms with Crippen LogP contribution in [-0.4, -0.2) is 10.8 Å². The van der Waals surface area contributed by atoms with E-state index in [1.165, 1.54) is 10.8 Å². The summed E-state index contributed by atoms with van der Waals surface area (Å²) in [6.45, 7) is 0. The Morgan fingerprint density at radius 3 is 2.48 bits per heavy atom. The zero-order valence-electron chi connectivity index (χ0n) is 12.3. The number of hydrogen-bond donors (Lipinski definition) is 1. The van der Waals surface area contributed by atoms with E-state index < -0.39 is 0 Å². The largest absolute Gasteiger partial charge is 0.339 e. The van der Waals surface area contributed by atoms with E-state index >= 15 is 0 Å². The Balaban J connectivity index is 1.79. The summed E-state index contributed by atoms with van der Waals surface area (Å²) in [5, 5.41) is 6.97. The minimum atomic E-state index is 0.848. The second-order valence-electron chi connectivity index (χ2n) is 5.65. The van der Waals surface area contributed by atoms with Crippen molar-refractivity contribution in [2.45, 2.75) is 0 Å². The fraction of sp³-hybridized carbons (Fsp3) is 0. The van der Waals surface area contributed by atoms with Crippen LogP contribution in [0.2, 0.25) is 0 Å². The van der Waals surface area contributed by atoms with Crippen molar-refractivity contribution < 1.29 is 0 Å². The third-order valence-corrected chi connectivity index (χ3v) is 4.26. The predicted molar refractivity (Wildman–Crippen MR) is 95.5 cm³/mol. The standard InChI is InChI=1S/C20H13N3/c1-7-14-8-4-12-21-19(14)15(9-1)20-22-16-10-2-5-13-6-3-11-17(23-20)18(13)16/h1-12H,(H,22,23). The number of hydrogen-bond acceptors (Lipinski definition) is 3. The van der Waals surface area contributed by atoms with E-state index in [0.29, 0.717) is 0 Å². The molecule has 108 valence electrons. The maximum Gasteiger partial charge on any atom is 0.140 e. The first-order valence-corrected chi connectivity index (χ1v) is 7.62. The van der Waals surface area contributed by atoms with E-state index in [9.17, 15) is 0 Å². The average Bonchev–Trinajstić information content (AvgIpc) is 2.61. The maximum atomic E-state index is 4.85. The number of anilines is 1. The van der Waals surface area contributed by atoms with Gasteiger partial charge in [-0.3, -0.25) is 4.98 Å². The van der Waals surface area contributed by atoms with E-state index in [2.05, 4.69) is 64.9 Å². The summed E-state index contributed by atoms with van der Waals surface area (Å²) in [6.07, 6.45) is 1.82. The number of benzene rings is 3. The summed E-state index contributed by atoms with van der Waals surface area (Å²) in [7, 11) is 0. The summed E-state index contributed by atoms with van der Waals surface area (Å²) in [6, 6.07) is 22.7. The summed E-state index contributed by atoms with van der Waals surface area (Å²) < 4.78 is 0. The zero-order chi connectivity index (χ0) is 15.2. The first kappa shape index (κ1) is 12.4. The van der Waals surface area contributed by atoms with Crippen molar-refractivity contribution in [3.63, 3.8) is 0 Å². The topological polar surface area (TPSA) is 37.3 Å². The Morgan fingerprint density at radius 1 is 0.739 bits per heavy atom. The van der Waals surface area contributed by atoms with Gasteiger partial charge in [-0.1, -0.05) is 42.5 Å². The fourth-order valence-corrected chi connectivity index (χ4v) is 3.22. The number of aromatic nitrogens is 1. The molecule has 0 bridgehead atoms. The number of rotatable bonds is 1. The molecular weight excluding hydrogens is 282 g/mol. The summed E-state index contributed by atoms with van der Waals surface area (Å²) in [4.78, 5) is 9.39. The Hall–Kier alpha value is -3.20. The molecule has 1 aliphatic heterocycles. The monoisotopic (exact) mass is 295 g/mol. The highest BCUT2D eigenvalue weighted by atomic mass is 15.0. The van der Waals surface area contributed by atoms with E-state index in [1.54, 1.807) is 0 Å². The van der Waals surface area contributed by atoms with E-state index in [4.69, 9.17) is 4.99 Å². The van der Waals surface area contributed by atoms with Gasteiger partial charge in [-0.25, -0.2) is 4.99 Å². The van der Waals surface area contributed by atoms with Gasteiger partial charge in [0.15, 0.2) is 0 Å². The predicted octanol–water partition coefficient (Wildman–Crippen LogP) is 4.89. The van der Waals surface area contributed by atoms with Gasteiger partial charge in [0.1, 0.15) is 5.84 Å². The van der Waals surface area contributed by atoms with E-state index in [1.807, 2.05) is 18.3 Å². The highest BCUT2D eigenvalue weighted by Crippen LogP contribution is 2.36. The highest BCUT2D eigenvalue weighted by Gasteiger charge is 2.17. The van der Waals surface area contributed by atoms with Crippen molar-refractivity contribution in [2.24, 2.45) is 4.99 Å². The van der Waals surface area contributed by atoms with Crippen molar-refractivity contribution in [1.82, 2.24) is 4.98 Å². The van der Waals surface area contributed by atoms with Crippen LogP contribution in [0.15, 0.2) is 77.9 Å². The van der Waals surface area contributed by atoms with Crippen LogP contribution in [0, 0.1) is 0 Å². The highest BCUT2D eigenvalue weighted by molar-refractivity contribution is 6.22. The molecule has 0 radical (unpaired) electrons. The minimum Gasteiger partial charge on any atom is -0.339 e. The van der Waals surface area contributed by atoms with Crippen LogP contribution in [0.1, 0.15) is 5.56 Å². The summed E-state index contributed by atoms with van der Waals surface area (Å²) in [5.74, 6) is 0.848. The van der Waals surface area contributed by atoms with Crippen LogP contribution < -0.4 is 5.32 Å². The van der Waals surface area contributed by atoms with Crippen molar-refractivity contribution in [3.8, 4) is 0 Å². The number of aliphatic imine (C=N–C) groups is 1. The van der Waals surface area contributed by atoms with Crippen molar-refractivity contribution in [3.05, 3.63) is 78.5 Å². The molecule has 3 heteroatoms. The molecular formula is C20H13N3. The lowest BCUT2D eigenvalue weighted by molar-refractivity contribution is 1.39. The molecule has 2 heterocycles. The Bertz CT molecular complexity index is 1090. The molecule has 1 aromatic heterocycles. The Labute approximate surface area is 133 Å². The lowest BCUT2D eigenvalue weighted by Crippen LogP contribution is -2.16. The molecule has 0 amide bonds. The third kappa shape index (κ3) is 1.83. The van der Waals surface area contributed by atoms with Crippen molar-refractivity contribution >= 4 is 38.9 Å². The number of nitrogens with one attached hydrogen (secondary N) is 1. The van der Waals surface area contributed by atoms with Gasteiger partial charge in [-0.2, -0.15) is 0 Å². The molecule has 1 N–H and O–H groups in total. The molecule has 5 rings (SSSR count). The zero-order valence-corrected chi connectivity index (χ0v) is 12.3. The summed E-state index contributed by atoms with van der Waals surface area (Å²) >= 11 is 0. The van der Waals surface area contributed by atoms with Gasteiger partial charge in [0, 0.05) is 28.2 Å². The quantitative estimate of drug-likeness (QED) is 0.542. The van der Waals surface area contributed by atoms with Gasteiger partial charge in [-0.05, 0) is 29.7 Å². The van der Waals surface area contributed by atoms with Crippen molar-refractivity contribution in [1.29, 1.82) is 0 Å². The van der Waals surface area contributed by atoms with Crippen LogP contribution >= 0.6 is 0 Å². The number of nitrogens with zero attached hydrogens (tertiary/aromatic N) is 2. The first-order valence-electron chi connectivity index (χ1n) is 7.62. The van der Waals surface area contributed by atoms with Crippen molar-refractivity contribution in [2.75, 3.05) is 5.32 Å². The molecule has 0 saturated heterocycles. The molecule has 0 fully saturated rings. The lowest BCUT2D eigenvalue weighted by atomic mass is 10.0. The number of para-hydroxylation sites is 1. The SMILES string of the molecule is c1cnc2c(C3=Nc4cccc5cccc(c45)N3)cccc2c1. The van der Waals surface area contributed by atoms with E-state index in [0.717, 1.165) is 33.7 Å². The van der Waals surface area contributed by atoms with Crippen LogP contribution in [0.3, 0.4) is 0 Å². The second kappa shape index (κ2) is 4.65. The van der Waals surface area contributed by atoms with Crippen LogP contribution in [-0.2, 0) is 0 Å². The van der Waals surface area contributed by atoms with Gasteiger partial charge in [0.25, 0.3) is 0 Å². The fourth-order valence-electron chi connectivity index (χ4n) is 3.22. The normalized spacial score (nSPS) is 13.0. The molecule has 0 unspecified atom stereocenters. The Kier molecular flexibility index (Phi) is 2.50. The molecule has 0 saturated carbocycles. The molecule has 3 aromatic carbocycles. The van der Waals surface area contributed by atoms with Crippen LogP contribution in [0.4, 0.5) is 11.4 Å². The number of fused-ring (bicyclic) bond motifs is 1. The smallest absolute Gasteiger partial charge is 0.140 e. The van der Waals surface area contributed by atoms with Gasteiger partial charge in [0.2, 0.25) is 0 Å². The third-order valence-electron chi connectivity index (χ3n) is 4.26. The maximum absolute atomic E-state index is 4.85. The number of pyridine rings is 1. The Morgan fingerprint density at radius 2 is 1.52 bits per heavy atom. The number of amidine groups is 1. The molecule has 0 spiro atoms. The summed E-state index contributed by atoms with van der Waals surface area (Å²) in [5.41, 5.74) is 4.08. The van der Waals surface area contributed by atoms with E-state index in [-0.39, 0.29) is 0 Å². The van der Waals surface area contributed by atoms with Gasteiger partial charge in [-0.15, -0.1) is 0 Å². The molecule has 0 atom stereocenters. The molecule has 3 nitrogen and oxygen atoms in total. The van der Waals surface area contributed by atoms with Crippen LogP contribution in [0.5, 0.6) is 0 Å².